The molecule has 11 heteroatoms. The predicted octanol–water partition coefficient (Wildman–Crippen LogP) is 1.60. The zero-order valence-corrected chi connectivity index (χ0v) is 18.2. The van der Waals surface area contributed by atoms with E-state index in [2.05, 4.69) is 5.43 Å². The van der Waals surface area contributed by atoms with Crippen molar-refractivity contribution < 1.29 is 32.2 Å². The van der Waals surface area contributed by atoms with E-state index in [1.807, 2.05) is 4.83 Å². The zero-order valence-electron chi connectivity index (χ0n) is 17.4. The largest absolute Gasteiger partial charge is 0.490 e. The number of ether oxygens (including phenoxy) is 3. The number of hydrogen-bond acceptors (Lipinski definition) is 7. The second kappa shape index (κ2) is 10.6. The van der Waals surface area contributed by atoms with E-state index in [1.54, 1.807) is 20.8 Å². The Labute approximate surface area is 180 Å². The van der Waals surface area contributed by atoms with Gasteiger partial charge in [-0.1, -0.05) is 0 Å². The highest BCUT2D eigenvalue weighted by Crippen LogP contribution is 2.39. The molecule has 0 saturated carbocycles. The van der Waals surface area contributed by atoms with Crippen LogP contribution in [0.5, 0.6) is 17.2 Å². The summed E-state index contributed by atoms with van der Waals surface area (Å²) in [5, 5.41) is 0. The first-order valence-electron chi connectivity index (χ1n) is 9.51. The molecule has 4 N–H and O–H groups in total. The van der Waals surface area contributed by atoms with Crippen molar-refractivity contribution in [2.24, 2.45) is 5.73 Å². The summed E-state index contributed by atoms with van der Waals surface area (Å²) in [6, 6.07) is 7.81. The van der Waals surface area contributed by atoms with Crippen molar-refractivity contribution in [3.05, 3.63) is 47.5 Å². The molecule has 0 heterocycles. The quantitative estimate of drug-likeness (QED) is 0.440. The Hall–Kier alpha value is -3.31. The fourth-order valence-corrected chi connectivity index (χ4v) is 3.40. The summed E-state index contributed by atoms with van der Waals surface area (Å²) < 4.78 is 41.5. The number of sulfonamides is 1. The van der Waals surface area contributed by atoms with Gasteiger partial charge < -0.3 is 19.9 Å². The maximum atomic E-state index is 12.6. The van der Waals surface area contributed by atoms with Crippen LogP contribution in [0.25, 0.3) is 0 Å². The van der Waals surface area contributed by atoms with Crippen LogP contribution in [0.15, 0.2) is 41.3 Å². The molecule has 0 aliphatic rings. The summed E-state index contributed by atoms with van der Waals surface area (Å²) in [5.74, 6) is -0.466. The molecule has 0 fully saturated rings. The number of benzene rings is 2. The molecule has 0 unspecified atom stereocenters. The first-order valence-corrected chi connectivity index (χ1v) is 11.0. The number of rotatable bonds is 11. The molecular formula is C20H25N3O7S. The van der Waals surface area contributed by atoms with Crippen LogP contribution in [-0.4, -0.2) is 40.1 Å². The summed E-state index contributed by atoms with van der Waals surface area (Å²) >= 11 is 0. The van der Waals surface area contributed by atoms with Crippen molar-refractivity contribution in [3.63, 3.8) is 0 Å². The van der Waals surface area contributed by atoms with Gasteiger partial charge in [0.25, 0.3) is 15.9 Å². The lowest BCUT2D eigenvalue weighted by Crippen LogP contribution is -2.41. The Bertz CT molecular complexity index is 1010. The van der Waals surface area contributed by atoms with Crippen molar-refractivity contribution in [3.8, 4) is 17.2 Å². The predicted molar refractivity (Wildman–Crippen MR) is 113 cm³/mol. The molecule has 2 aromatic carbocycles. The smallest absolute Gasteiger partial charge is 0.266 e. The van der Waals surface area contributed by atoms with E-state index >= 15 is 0 Å². The minimum Gasteiger partial charge on any atom is -0.490 e. The Balaban J connectivity index is 2.24. The number of amides is 2. The van der Waals surface area contributed by atoms with Gasteiger partial charge in [-0.2, -0.15) is 0 Å². The summed E-state index contributed by atoms with van der Waals surface area (Å²) in [6.07, 6.45) is 0. The summed E-state index contributed by atoms with van der Waals surface area (Å²) in [5.41, 5.74) is 7.54. The molecule has 0 aliphatic carbocycles. The fraction of sp³-hybridized carbons (Fsp3) is 0.300. The number of hydrazine groups is 1. The van der Waals surface area contributed by atoms with Gasteiger partial charge in [-0.05, 0) is 57.2 Å². The highest BCUT2D eigenvalue weighted by atomic mass is 32.2. The van der Waals surface area contributed by atoms with E-state index in [-0.39, 0.29) is 16.0 Å². The maximum absolute atomic E-state index is 12.6. The molecule has 168 valence electrons. The number of primary amides is 1. The molecule has 2 amide bonds. The molecule has 0 bridgehead atoms. The van der Waals surface area contributed by atoms with E-state index in [9.17, 15) is 18.0 Å². The number of carbonyl (C=O) groups excluding carboxylic acids is 2. The number of carbonyl (C=O) groups is 2. The molecular weight excluding hydrogens is 426 g/mol. The minimum atomic E-state index is -4.08. The highest BCUT2D eigenvalue weighted by molar-refractivity contribution is 7.89. The van der Waals surface area contributed by atoms with Gasteiger partial charge in [-0.15, -0.1) is 4.83 Å². The van der Waals surface area contributed by atoms with Gasteiger partial charge in [-0.25, -0.2) is 8.42 Å². The van der Waals surface area contributed by atoms with Crippen LogP contribution in [0.4, 0.5) is 0 Å². The van der Waals surface area contributed by atoms with Crippen LogP contribution in [0.1, 0.15) is 41.5 Å². The van der Waals surface area contributed by atoms with E-state index in [0.717, 1.165) is 0 Å². The molecule has 0 aliphatic heterocycles. The van der Waals surface area contributed by atoms with Crippen LogP contribution in [0.2, 0.25) is 0 Å². The molecule has 0 saturated heterocycles. The summed E-state index contributed by atoms with van der Waals surface area (Å²) in [7, 11) is -4.08. The van der Waals surface area contributed by atoms with E-state index in [0.29, 0.717) is 37.1 Å². The topological polar surface area (TPSA) is 146 Å². The lowest BCUT2D eigenvalue weighted by atomic mass is 10.1. The van der Waals surface area contributed by atoms with Gasteiger partial charge >= 0.3 is 0 Å². The lowest BCUT2D eigenvalue weighted by Gasteiger charge is -2.17. The molecule has 0 atom stereocenters. The van der Waals surface area contributed by atoms with Crippen molar-refractivity contribution >= 4 is 21.8 Å². The van der Waals surface area contributed by atoms with Crippen molar-refractivity contribution in [2.75, 3.05) is 19.8 Å². The minimum absolute atomic E-state index is 0.0992. The van der Waals surface area contributed by atoms with Crippen molar-refractivity contribution in [1.82, 2.24) is 10.3 Å². The third-order valence-electron chi connectivity index (χ3n) is 3.92. The normalized spacial score (nSPS) is 10.9. The average Bonchev–Trinajstić information content (AvgIpc) is 2.74. The first-order chi connectivity index (χ1) is 14.7. The maximum Gasteiger partial charge on any atom is 0.266 e. The average molecular weight is 452 g/mol. The Morgan fingerprint density at radius 2 is 1.39 bits per heavy atom. The monoisotopic (exact) mass is 451 g/mol. The Kier molecular flexibility index (Phi) is 8.22. The number of nitrogens with one attached hydrogen (secondary N) is 2. The zero-order chi connectivity index (χ0) is 23.0. The van der Waals surface area contributed by atoms with Gasteiger partial charge in [0, 0.05) is 11.1 Å². The van der Waals surface area contributed by atoms with Gasteiger partial charge in [0.15, 0.2) is 11.5 Å². The second-order valence-corrected chi connectivity index (χ2v) is 7.73. The molecule has 0 spiro atoms. The van der Waals surface area contributed by atoms with Crippen LogP contribution in [0, 0.1) is 0 Å². The van der Waals surface area contributed by atoms with Crippen LogP contribution in [0.3, 0.4) is 0 Å². The second-order valence-electron chi connectivity index (χ2n) is 6.05. The molecule has 10 nitrogen and oxygen atoms in total. The molecule has 2 aromatic rings. The third-order valence-corrected chi connectivity index (χ3v) is 5.18. The Morgan fingerprint density at radius 1 is 0.871 bits per heavy atom. The summed E-state index contributed by atoms with van der Waals surface area (Å²) in [6.45, 7) is 6.37. The van der Waals surface area contributed by atoms with Crippen LogP contribution < -0.4 is 30.2 Å². The van der Waals surface area contributed by atoms with Gasteiger partial charge in [0.05, 0.1) is 24.7 Å². The summed E-state index contributed by atoms with van der Waals surface area (Å²) in [4.78, 5) is 25.6. The van der Waals surface area contributed by atoms with Crippen molar-refractivity contribution in [1.29, 1.82) is 0 Å². The van der Waals surface area contributed by atoms with E-state index < -0.39 is 21.8 Å². The van der Waals surface area contributed by atoms with Crippen LogP contribution >= 0.6 is 0 Å². The van der Waals surface area contributed by atoms with Crippen molar-refractivity contribution in [2.45, 2.75) is 25.7 Å². The first kappa shape index (κ1) is 24.0. The van der Waals surface area contributed by atoms with E-state index in [1.165, 1.54) is 36.4 Å². The molecule has 2 rings (SSSR count). The number of hydrogen-bond donors (Lipinski definition) is 3. The lowest BCUT2D eigenvalue weighted by molar-refractivity contribution is 0.0943. The molecule has 0 aromatic heterocycles. The SMILES string of the molecule is CCOc1cc(C(=O)NNS(=O)(=O)c2ccc(C(N)=O)cc2)cc(OCC)c1OCC. The van der Waals surface area contributed by atoms with Gasteiger partial charge in [0.1, 0.15) is 0 Å². The Morgan fingerprint density at radius 3 is 1.84 bits per heavy atom. The molecule has 0 radical (unpaired) electrons. The van der Waals surface area contributed by atoms with Gasteiger partial charge in [-0.3, -0.25) is 15.0 Å². The van der Waals surface area contributed by atoms with E-state index in [4.69, 9.17) is 19.9 Å². The fourth-order valence-electron chi connectivity index (χ4n) is 2.56. The standard InChI is InChI=1S/C20H25N3O7S/c1-4-28-16-11-14(12-17(29-5-2)18(16)30-6-3)20(25)22-23-31(26,27)15-9-7-13(8-10-15)19(21)24/h7-12,23H,4-6H2,1-3H3,(H2,21,24)(H,22,25). The molecule has 31 heavy (non-hydrogen) atoms. The van der Waals surface area contributed by atoms with Gasteiger partial charge in [0.2, 0.25) is 11.7 Å². The van der Waals surface area contributed by atoms with Crippen LogP contribution in [-0.2, 0) is 10.0 Å². The third kappa shape index (κ3) is 6.09. The number of nitrogens with two attached hydrogens (primary N) is 1. The highest BCUT2D eigenvalue weighted by Gasteiger charge is 2.20.